The summed E-state index contributed by atoms with van der Waals surface area (Å²) in [4.78, 5) is 12.0. The largest absolute Gasteiger partial charge is 0.365 e. The number of Topliss-reactive ketones (excluding diaryl/α,β-unsaturated/α-hetero) is 1. The quantitative estimate of drug-likeness (QED) is 0.838. The monoisotopic (exact) mass is 252 g/mol. The molecule has 1 aliphatic heterocycles. The topological polar surface area (TPSA) is 26.3 Å². The normalized spacial score (nSPS) is 22.6. The predicted octanol–water partition coefficient (Wildman–Crippen LogP) is 3.19. The Labute approximate surface area is 113 Å². The van der Waals surface area contributed by atoms with Crippen molar-refractivity contribution in [1.29, 1.82) is 0 Å². The lowest BCUT2D eigenvalue weighted by Gasteiger charge is -2.17. The smallest absolute Gasteiger partial charge is 0.164 e. The maximum Gasteiger partial charge on any atom is 0.164 e. The van der Waals surface area contributed by atoms with Gasteiger partial charge in [-0.15, -0.1) is 0 Å². The van der Waals surface area contributed by atoms with Crippen LogP contribution in [0.5, 0.6) is 0 Å². The first-order chi connectivity index (χ1) is 9.34. The van der Waals surface area contributed by atoms with Crippen molar-refractivity contribution in [3.05, 3.63) is 71.8 Å². The van der Waals surface area contributed by atoms with Crippen LogP contribution in [0.15, 0.2) is 60.7 Å². The van der Waals surface area contributed by atoms with Crippen LogP contribution in [-0.4, -0.2) is 12.4 Å². The van der Waals surface area contributed by atoms with Crippen molar-refractivity contribution >= 4 is 5.78 Å². The molecule has 19 heavy (non-hydrogen) atoms. The first-order valence-corrected chi connectivity index (χ1v) is 6.58. The Bertz CT molecular complexity index is 548. The summed E-state index contributed by atoms with van der Waals surface area (Å²) in [5.41, 5.74) is 2.28. The fourth-order valence-corrected chi connectivity index (χ4v) is 2.62. The number of carbonyl (C=O) groups is 1. The Kier molecular flexibility index (Phi) is 3.43. The number of ether oxygens (including phenoxy) is 1. The van der Waals surface area contributed by atoms with Crippen molar-refractivity contribution in [2.24, 2.45) is 5.92 Å². The van der Waals surface area contributed by atoms with Crippen molar-refractivity contribution < 1.29 is 9.53 Å². The third-order valence-electron chi connectivity index (χ3n) is 3.61. The molecule has 96 valence electrons. The van der Waals surface area contributed by atoms with Gasteiger partial charge in [0.25, 0.3) is 0 Å². The highest BCUT2D eigenvalue weighted by Crippen LogP contribution is 2.34. The molecule has 2 heteroatoms. The van der Waals surface area contributed by atoms with E-state index in [0.29, 0.717) is 0 Å². The van der Waals surface area contributed by atoms with Crippen molar-refractivity contribution in [3.63, 3.8) is 0 Å². The van der Waals surface area contributed by atoms with Crippen LogP contribution in [0.4, 0.5) is 0 Å². The van der Waals surface area contributed by atoms with E-state index in [4.69, 9.17) is 4.74 Å². The van der Waals surface area contributed by atoms with E-state index >= 15 is 0 Å². The molecular formula is C17H16O2. The minimum absolute atomic E-state index is 0.0650. The summed E-state index contributed by atoms with van der Waals surface area (Å²) < 4.78 is 5.69. The summed E-state index contributed by atoms with van der Waals surface area (Å²) >= 11 is 0. The van der Waals surface area contributed by atoms with Crippen LogP contribution in [0.25, 0.3) is 0 Å². The number of benzene rings is 2. The molecule has 0 N–H and O–H groups in total. The summed E-state index contributed by atoms with van der Waals surface area (Å²) in [6, 6.07) is 20.1. The molecule has 2 aromatic carbocycles. The number of carbonyl (C=O) groups excluding carboxylic acids is 1. The van der Waals surface area contributed by atoms with Gasteiger partial charge in [-0.05, 0) is 17.5 Å². The van der Waals surface area contributed by atoms with E-state index in [9.17, 15) is 4.79 Å². The average Bonchev–Trinajstić information content (AvgIpc) is 2.82. The van der Waals surface area contributed by atoms with Crippen molar-refractivity contribution in [3.8, 4) is 0 Å². The van der Waals surface area contributed by atoms with E-state index in [-0.39, 0.29) is 24.4 Å². The minimum Gasteiger partial charge on any atom is -0.365 e. The van der Waals surface area contributed by atoms with Crippen LogP contribution in [0.3, 0.4) is 0 Å². The number of ketones is 1. The molecule has 3 rings (SSSR count). The molecule has 0 radical (unpaired) electrons. The summed E-state index contributed by atoms with van der Waals surface area (Å²) in [5.74, 6) is 0.141. The Balaban J connectivity index is 1.83. The van der Waals surface area contributed by atoms with Gasteiger partial charge in [-0.1, -0.05) is 60.7 Å². The number of hydrogen-bond acceptors (Lipinski definition) is 2. The van der Waals surface area contributed by atoms with E-state index in [1.807, 2.05) is 48.5 Å². The molecule has 0 spiro atoms. The van der Waals surface area contributed by atoms with Gasteiger partial charge in [0, 0.05) is 0 Å². The van der Waals surface area contributed by atoms with E-state index in [0.717, 1.165) is 12.0 Å². The Morgan fingerprint density at radius 2 is 1.58 bits per heavy atom. The first-order valence-electron chi connectivity index (χ1n) is 6.58. The lowest BCUT2D eigenvalue weighted by molar-refractivity contribution is -0.120. The summed E-state index contributed by atoms with van der Waals surface area (Å²) in [6.45, 7) is 0.233. The van der Waals surface area contributed by atoms with Gasteiger partial charge in [0.15, 0.2) is 5.78 Å². The zero-order valence-electron chi connectivity index (χ0n) is 10.7. The predicted molar refractivity (Wildman–Crippen MR) is 73.8 cm³/mol. The van der Waals surface area contributed by atoms with Crippen molar-refractivity contribution in [2.75, 3.05) is 6.61 Å². The fourth-order valence-electron chi connectivity index (χ4n) is 2.62. The maximum absolute atomic E-state index is 12.0. The van der Waals surface area contributed by atoms with Crippen LogP contribution >= 0.6 is 0 Å². The summed E-state index contributed by atoms with van der Waals surface area (Å²) in [5, 5.41) is 0. The van der Waals surface area contributed by atoms with E-state index in [1.165, 1.54) is 5.56 Å². The SMILES string of the molecule is O=C1CO[C@@H](c2ccccc2)[C@@H]1Cc1ccccc1. The second-order valence-corrected chi connectivity index (χ2v) is 4.90. The molecule has 1 saturated heterocycles. The second kappa shape index (κ2) is 5.37. The molecular weight excluding hydrogens is 236 g/mol. The highest BCUT2D eigenvalue weighted by Gasteiger charge is 2.36. The number of rotatable bonds is 3. The molecule has 1 fully saturated rings. The number of hydrogen-bond donors (Lipinski definition) is 0. The van der Waals surface area contributed by atoms with Crippen molar-refractivity contribution in [2.45, 2.75) is 12.5 Å². The van der Waals surface area contributed by atoms with Gasteiger partial charge in [-0.2, -0.15) is 0 Å². The van der Waals surface area contributed by atoms with Gasteiger partial charge in [-0.3, -0.25) is 4.79 Å². The minimum atomic E-state index is -0.103. The molecule has 1 aliphatic rings. The highest BCUT2D eigenvalue weighted by atomic mass is 16.5. The van der Waals surface area contributed by atoms with Crippen molar-refractivity contribution in [1.82, 2.24) is 0 Å². The Morgan fingerprint density at radius 3 is 2.26 bits per heavy atom. The van der Waals surface area contributed by atoms with Gasteiger partial charge < -0.3 is 4.74 Å². The zero-order valence-corrected chi connectivity index (χ0v) is 10.7. The van der Waals surface area contributed by atoms with E-state index in [1.54, 1.807) is 0 Å². The summed E-state index contributed by atoms with van der Waals surface area (Å²) in [7, 11) is 0. The van der Waals surface area contributed by atoms with Gasteiger partial charge in [0.05, 0.1) is 12.0 Å². The second-order valence-electron chi connectivity index (χ2n) is 4.90. The van der Waals surface area contributed by atoms with Crippen LogP contribution in [-0.2, 0) is 16.0 Å². The van der Waals surface area contributed by atoms with Gasteiger partial charge in [0.1, 0.15) is 6.61 Å². The third kappa shape index (κ3) is 2.59. The molecule has 1 heterocycles. The van der Waals surface area contributed by atoms with Crippen LogP contribution < -0.4 is 0 Å². The maximum atomic E-state index is 12.0. The average molecular weight is 252 g/mol. The van der Waals surface area contributed by atoms with Gasteiger partial charge >= 0.3 is 0 Å². The molecule has 0 amide bonds. The first kappa shape index (κ1) is 12.1. The van der Waals surface area contributed by atoms with Crippen LogP contribution in [0, 0.1) is 5.92 Å². The third-order valence-corrected chi connectivity index (χ3v) is 3.61. The fraction of sp³-hybridized carbons (Fsp3) is 0.235. The lowest BCUT2D eigenvalue weighted by atomic mass is 9.89. The van der Waals surface area contributed by atoms with E-state index in [2.05, 4.69) is 12.1 Å². The lowest BCUT2D eigenvalue weighted by Crippen LogP contribution is -2.17. The molecule has 0 bridgehead atoms. The summed E-state index contributed by atoms with van der Waals surface area (Å²) in [6.07, 6.45) is 0.646. The molecule has 0 saturated carbocycles. The van der Waals surface area contributed by atoms with Crippen LogP contribution in [0.2, 0.25) is 0 Å². The molecule has 0 unspecified atom stereocenters. The Morgan fingerprint density at radius 1 is 0.947 bits per heavy atom. The standard InChI is InChI=1S/C17H16O2/c18-16-12-19-17(14-9-5-2-6-10-14)15(16)11-13-7-3-1-4-8-13/h1-10,15,17H,11-12H2/t15-,17+/m1/s1. The van der Waals surface area contributed by atoms with Crippen LogP contribution in [0.1, 0.15) is 17.2 Å². The Hall–Kier alpha value is -1.93. The van der Waals surface area contributed by atoms with E-state index < -0.39 is 0 Å². The molecule has 2 atom stereocenters. The highest BCUT2D eigenvalue weighted by molar-refractivity contribution is 5.85. The molecule has 0 aromatic heterocycles. The molecule has 2 aromatic rings. The van der Waals surface area contributed by atoms with Gasteiger partial charge in [-0.25, -0.2) is 0 Å². The van der Waals surface area contributed by atoms with Gasteiger partial charge in [0.2, 0.25) is 0 Å². The molecule has 2 nitrogen and oxygen atoms in total. The zero-order chi connectivity index (χ0) is 13.1. The molecule has 0 aliphatic carbocycles.